The Morgan fingerprint density at radius 1 is 1.32 bits per heavy atom. The van der Waals surface area contributed by atoms with Crippen molar-refractivity contribution in [3.63, 3.8) is 0 Å². The molecule has 157 valence electrons. The highest BCUT2D eigenvalue weighted by Crippen LogP contribution is 2.24. The fourth-order valence-electron chi connectivity index (χ4n) is 2.69. The maximum atomic E-state index is 10.1. The van der Waals surface area contributed by atoms with Crippen molar-refractivity contribution in [3.05, 3.63) is 42.1 Å². The minimum Gasteiger partial charge on any atom is -0.512 e. The summed E-state index contributed by atoms with van der Waals surface area (Å²) in [6.45, 7) is 2.59. The molecular formula is C18H27N2O8. The number of nitrogens with zero attached hydrogens (tertiary/aromatic N) is 1. The van der Waals surface area contributed by atoms with Crippen LogP contribution in [-0.4, -0.2) is 75.9 Å². The first kappa shape index (κ1) is 22.5. The number of aromatic nitrogens is 1. The van der Waals surface area contributed by atoms with E-state index in [1.807, 2.05) is 19.3 Å². The van der Waals surface area contributed by atoms with Crippen molar-refractivity contribution in [1.82, 2.24) is 10.5 Å². The Balaban J connectivity index is 1.65. The summed E-state index contributed by atoms with van der Waals surface area (Å²) in [5.74, 6) is 0. The average molecular weight is 399 g/mol. The Labute approximate surface area is 163 Å². The van der Waals surface area contributed by atoms with Gasteiger partial charge in [-0.2, -0.15) is 0 Å². The van der Waals surface area contributed by atoms with E-state index in [-0.39, 0.29) is 6.61 Å². The first-order chi connectivity index (χ1) is 13.6. The molecule has 0 saturated carbocycles. The monoisotopic (exact) mass is 399 g/mol. The van der Waals surface area contributed by atoms with E-state index in [9.17, 15) is 15.3 Å². The van der Waals surface area contributed by atoms with Gasteiger partial charge < -0.3 is 34.6 Å². The first-order valence-electron chi connectivity index (χ1n) is 8.93. The van der Waals surface area contributed by atoms with Gasteiger partial charge in [-0.1, -0.05) is 6.07 Å². The smallest absolute Gasteiger partial charge is 0.199 e. The standard InChI is InChI=1S/C18H27N2O8/c1-12-7-13(9-19-8-12)11-27-20-3-2-5-26-18-16(24)15(23)17(25-6-4-21)14(10-22)28-18/h4,7-9,14-18,20-24H,2-3,5,10-11H2,1H3/t14?,15-,16?,17+,18-/m0/s1. The third-order valence-corrected chi connectivity index (χ3v) is 4.06. The van der Waals surface area contributed by atoms with E-state index in [4.69, 9.17) is 24.2 Å². The lowest BCUT2D eigenvalue weighted by atomic mass is 9.99. The highest BCUT2D eigenvalue weighted by Gasteiger charge is 2.46. The van der Waals surface area contributed by atoms with Crippen LogP contribution in [0, 0.1) is 13.2 Å². The highest BCUT2D eigenvalue weighted by molar-refractivity contribution is 5.15. The summed E-state index contributed by atoms with van der Waals surface area (Å²) in [7, 11) is 0. The number of aryl methyl sites for hydroxylation is 1. The maximum Gasteiger partial charge on any atom is 0.199 e. The second-order valence-electron chi connectivity index (χ2n) is 6.31. The molecule has 5 N–H and O–H groups in total. The number of aliphatic hydroxyl groups excluding tert-OH is 4. The molecule has 1 aromatic heterocycles. The van der Waals surface area contributed by atoms with Crippen LogP contribution in [0.4, 0.5) is 0 Å². The molecular weight excluding hydrogens is 372 g/mol. The number of aliphatic hydroxyl groups is 4. The molecule has 1 aliphatic rings. The topological polar surface area (TPSA) is 143 Å². The summed E-state index contributed by atoms with van der Waals surface area (Å²) in [5.41, 5.74) is 4.82. The van der Waals surface area contributed by atoms with Gasteiger partial charge >= 0.3 is 0 Å². The molecule has 10 heteroatoms. The van der Waals surface area contributed by atoms with E-state index in [1.165, 1.54) is 0 Å². The fraction of sp³-hybridized carbons (Fsp3) is 0.611. The lowest BCUT2D eigenvalue weighted by Gasteiger charge is -2.40. The van der Waals surface area contributed by atoms with E-state index in [0.29, 0.717) is 25.8 Å². The zero-order valence-electron chi connectivity index (χ0n) is 15.6. The van der Waals surface area contributed by atoms with E-state index < -0.39 is 37.3 Å². The number of nitrogens with one attached hydrogen (secondary N) is 1. The lowest BCUT2D eigenvalue weighted by molar-refractivity contribution is -0.302. The first-order valence-corrected chi connectivity index (χ1v) is 8.93. The van der Waals surface area contributed by atoms with Gasteiger partial charge in [-0.25, -0.2) is 5.48 Å². The quantitative estimate of drug-likeness (QED) is 0.187. The van der Waals surface area contributed by atoms with Crippen molar-refractivity contribution in [1.29, 1.82) is 0 Å². The summed E-state index contributed by atoms with van der Waals surface area (Å²) >= 11 is 0. The van der Waals surface area contributed by atoms with E-state index in [1.54, 1.807) is 12.4 Å². The largest absolute Gasteiger partial charge is 0.512 e. The summed E-state index contributed by atoms with van der Waals surface area (Å²) in [6.07, 6.45) is 0.685. The van der Waals surface area contributed by atoms with Gasteiger partial charge in [0.25, 0.3) is 0 Å². The van der Waals surface area contributed by atoms with Crippen LogP contribution in [-0.2, 0) is 25.7 Å². The molecule has 0 aromatic carbocycles. The highest BCUT2D eigenvalue weighted by atomic mass is 16.7. The third kappa shape index (κ3) is 6.67. The van der Waals surface area contributed by atoms with Gasteiger partial charge in [-0.05, 0) is 24.5 Å². The Bertz CT molecular complexity index is 601. The van der Waals surface area contributed by atoms with Gasteiger partial charge in [0.1, 0.15) is 24.6 Å². The molecule has 1 aliphatic heterocycles. The molecule has 0 aliphatic carbocycles. The fourth-order valence-corrected chi connectivity index (χ4v) is 2.69. The van der Waals surface area contributed by atoms with Gasteiger partial charge in [-0.3, -0.25) is 9.82 Å². The molecule has 10 nitrogen and oxygen atoms in total. The predicted octanol–water partition coefficient (Wildman–Crippen LogP) is -0.525. The molecule has 2 rings (SSSR count). The van der Waals surface area contributed by atoms with E-state index in [0.717, 1.165) is 11.1 Å². The second-order valence-corrected chi connectivity index (χ2v) is 6.31. The van der Waals surface area contributed by atoms with Crippen LogP contribution in [0.5, 0.6) is 0 Å². The SMILES string of the molecule is Cc1cncc(CONCCCO[C@H]2OC(CO)[C@@H](O[C]=CO)[C@@H](O)C2O)c1. The third-order valence-electron chi connectivity index (χ3n) is 4.06. The van der Waals surface area contributed by atoms with Crippen molar-refractivity contribution in [3.8, 4) is 0 Å². The Kier molecular flexibility index (Phi) is 9.58. The van der Waals surface area contributed by atoms with Crippen molar-refractivity contribution in [2.75, 3.05) is 19.8 Å². The minimum absolute atomic E-state index is 0.225. The molecule has 28 heavy (non-hydrogen) atoms. The summed E-state index contributed by atoms with van der Waals surface area (Å²) < 4.78 is 15.8. The van der Waals surface area contributed by atoms with Gasteiger partial charge in [-0.15, -0.1) is 0 Å². The van der Waals surface area contributed by atoms with Crippen LogP contribution in [0.25, 0.3) is 0 Å². The molecule has 1 aromatic rings. The van der Waals surface area contributed by atoms with Crippen molar-refractivity contribution < 1.29 is 39.5 Å². The number of ether oxygens (including phenoxy) is 3. The molecule has 0 spiro atoms. The van der Waals surface area contributed by atoms with E-state index >= 15 is 0 Å². The van der Waals surface area contributed by atoms with Crippen LogP contribution in [0.1, 0.15) is 17.5 Å². The van der Waals surface area contributed by atoms with Crippen molar-refractivity contribution >= 4 is 0 Å². The van der Waals surface area contributed by atoms with Crippen LogP contribution >= 0.6 is 0 Å². The molecule has 5 atom stereocenters. The van der Waals surface area contributed by atoms with Crippen LogP contribution in [0.2, 0.25) is 0 Å². The van der Waals surface area contributed by atoms with Crippen molar-refractivity contribution in [2.24, 2.45) is 0 Å². The number of hydrogen-bond acceptors (Lipinski definition) is 10. The molecule has 1 radical (unpaired) electrons. The van der Waals surface area contributed by atoms with Gasteiger partial charge in [0.2, 0.25) is 0 Å². The Morgan fingerprint density at radius 2 is 2.14 bits per heavy atom. The zero-order chi connectivity index (χ0) is 20.4. The minimum atomic E-state index is -1.38. The molecule has 0 amide bonds. The molecule has 2 unspecified atom stereocenters. The van der Waals surface area contributed by atoms with Gasteiger partial charge in [0, 0.05) is 18.9 Å². The predicted molar refractivity (Wildman–Crippen MR) is 95.4 cm³/mol. The van der Waals surface area contributed by atoms with Crippen LogP contribution in [0.15, 0.2) is 24.7 Å². The number of hydroxylamine groups is 1. The van der Waals surface area contributed by atoms with Crippen LogP contribution in [0.3, 0.4) is 0 Å². The van der Waals surface area contributed by atoms with Gasteiger partial charge in [0.15, 0.2) is 18.7 Å². The summed E-state index contributed by atoms with van der Waals surface area (Å²) in [5, 5.41) is 38.2. The molecule has 2 heterocycles. The Hall–Kier alpha value is -1.79. The number of pyridine rings is 1. The molecule has 0 bridgehead atoms. The number of hydrogen-bond donors (Lipinski definition) is 5. The summed E-state index contributed by atoms with van der Waals surface area (Å²) in [6, 6.07) is 1.98. The second kappa shape index (κ2) is 11.9. The summed E-state index contributed by atoms with van der Waals surface area (Å²) in [4.78, 5) is 9.43. The average Bonchev–Trinajstić information content (AvgIpc) is 2.69. The van der Waals surface area contributed by atoms with Gasteiger partial charge in [0.05, 0.1) is 19.8 Å². The zero-order valence-corrected chi connectivity index (χ0v) is 15.6. The molecule has 1 saturated heterocycles. The molecule has 1 fully saturated rings. The number of rotatable bonds is 11. The Morgan fingerprint density at radius 3 is 2.86 bits per heavy atom. The van der Waals surface area contributed by atoms with Crippen molar-refractivity contribution in [2.45, 2.75) is 50.7 Å². The lowest BCUT2D eigenvalue weighted by Crippen LogP contribution is -2.59. The normalized spacial score (nSPS) is 27.9. The van der Waals surface area contributed by atoms with E-state index in [2.05, 4.69) is 10.5 Å². The maximum absolute atomic E-state index is 10.1. The van der Waals surface area contributed by atoms with Crippen LogP contribution < -0.4 is 5.48 Å².